The number of hydrogen-bond acceptors (Lipinski definition) is 4. The summed E-state index contributed by atoms with van der Waals surface area (Å²) in [5, 5.41) is 0. The average Bonchev–Trinajstić information content (AvgIpc) is 3.99. The van der Waals surface area contributed by atoms with E-state index in [4.69, 9.17) is 9.72 Å². The number of hydrogen-bond donors (Lipinski definition) is 2. The zero-order valence-corrected chi connectivity index (χ0v) is 28.6. The molecule has 3 aromatic carbocycles. The number of nitrogens with zero attached hydrogens (tertiary/aromatic N) is 2. The largest absolute Gasteiger partial charge is 0.494 e. The number of aromatic nitrogens is 4. The Balaban J connectivity index is 1.32. The lowest BCUT2D eigenvalue weighted by Gasteiger charge is -2.13. The third-order valence-corrected chi connectivity index (χ3v) is 9.81. The van der Waals surface area contributed by atoms with Gasteiger partial charge in [0.05, 0.1) is 39.8 Å². The Bertz CT molecular complexity index is 2530. The fourth-order valence-electron chi connectivity index (χ4n) is 6.22. The zero-order chi connectivity index (χ0) is 35.8. The predicted molar refractivity (Wildman–Crippen MR) is 201 cm³/mol. The zero-order valence-electron chi connectivity index (χ0n) is 27.8. The van der Waals surface area contributed by atoms with E-state index in [0.29, 0.717) is 45.7 Å². The number of aromatic amines is 2. The van der Waals surface area contributed by atoms with Gasteiger partial charge >= 0.3 is 0 Å². The van der Waals surface area contributed by atoms with Crippen molar-refractivity contribution in [2.24, 2.45) is 0 Å². The molecule has 5 heterocycles. The minimum Gasteiger partial charge on any atom is -0.494 e. The van der Waals surface area contributed by atoms with Gasteiger partial charge in [0.15, 0.2) is 23.3 Å². The molecule has 2 aliphatic rings. The van der Waals surface area contributed by atoms with Gasteiger partial charge < -0.3 is 14.7 Å². The van der Waals surface area contributed by atoms with Gasteiger partial charge in [-0.15, -0.1) is 0 Å². The molecule has 52 heavy (non-hydrogen) atoms. The molecule has 0 aliphatic carbocycles. The van der Waals surface area contributed by atoms with E-state index in [-0.39, 0.29) is 16.8 Å². The van der Waals surface area contributed by atoms with Crippen molar-refractivity contribution in [3.63, 3.8) is 0 Å². The second kappa shape index (κ2) is 14.0. The lowest BCUT2D eigenvalue weighted by Crippen LogP contribution is -2.04. The molecule has 0 spiro atoms. The van der Waals surface area contributed by atoms with Crippen LogP contribution in [0, 0.1) is 23.3 Å². The molecule has 258 valence electrons. The molecule has 3 aromatic heterocycles. The third kappa shape index (κ3) is 6.41. The van der Waals surface area contributed by atoms with Crippen molar-refractivity contribution >= 4 is 58.1 Å². The summed E-state index contributed by atoms with van der Waals surface area (Å²) in [7, 11) is 0. The molecule has 10 heteroatoms. The Hall–Kier alpha value is -5.87. The average molecular weight is 715 g/mol. The molecule has 0 saturated heterocycles. The summed E-state index contributed by atoms with van der Waals surface area (Å²) in [4.78, 5) is 15.9. The summed E-state index contributed by atoms with van der Waals surface area (Å²) in [6.45, 7) is 2.78. The van der Waals surface area contributed by atoms with E-state index < -0.39 is 33.7 Å². The standard InChI is InChI=1S/C42H30F4N4OS/c1-2-3-21-51-29-15-9-24(10-16-29)35-31-17-11-25(47-31)22-27-13-19-33(49-27)36(34-20-14-28(50-34)23-26-12-18-32(35)48-26)37-38(43)40(45)42(41(46)39(37)44)52-30-7-5-4-6-8-30/h4-20,22-23,47,50H,2-3,21H2,1H3. The molecule has 8 rings (SSSR count). The van der Waals surface area contributed by atoms with Gasteiger partial charge in [-0.1, -0.05) is 55.4 Å². The molecule has 0 fully saturated rings. The topological polar surface area (TPSA) is 66.6 Å². The molecule has 0 radical (unpaired) electrons. The van der Waals surface area contributed by atoms with Crippen LogP contribution in [-0.2, 0) is 0 Å². The fraction of sp³-hybridized carbons (Fsp3) is 0.0952. The highest BCUT2D eigenvalue weighted by molar-refractivity contribution is 7.99. The molecule has 0 atom stereocenters. The summed E-state index contributed by atoms with van der Waals surface area (Å²) in [6.07, 6.45) is 9.07. The van der Waals surface area contributed by atoms with E-state index >= 15 is 17.6 Å². The number of fused-ring (bicyclic) bond motifs is 8. The first kappa shape index (κ1) is 33.3. The van der Waals surface area contributed by atoms with Gasteiger partial charge in [-0.2, -0.15) is 0 Å². The van der Waals surface area contributed by atoms with Crippen molar-refractivity contribution in [3.8, 4) is 28.0 Å². The Kier molecular flexibility index (Phi) is 8.98. The Morgan fingerprint density at radius 1 is 0.615 bits per heavy atom. The monoisotopic (exact) mass is 714 g/mol. The summed E-state index contributed by atoms with van der Waals surface area (Å²) in [5.74, 6) is -5.22. The van der Waals surface area contributed by atoms with Crippen LogP contribution in [0.4, 0.5) is 17.6 Å². The predicted octanol–water partition coefficient (Wildman–Crippen LogP) is 11.9. The van der Waals surface area contributed by atoms with Crippen LogP contribution < -0.4 is 4.74 Å². The Morgan fingerprint density at radius 3 is 1.79 bits per heavy atom. The smallest absolute Gasteiger partial charge is 0.176 e. The van der Waals surface area contributed by atoms with Gasteiger partial charge in [-0.05, 0) is 97.0 Å². The summed E-state index contributed by atoms with van der Waals surface area (Å²) in [5.41, 5.74) is 5.07. The molecular weight excluding hydrogens is 685 g/mol. The van der Waals surface area contributed by atoms with Gasteiger partial charge in [-0.3, -0.25) is 0 Å². The number of benzene rings is 3. The number of halogens is 4. The van der Waals surface area contributed by atoms with E-state index in [1.807, 2.05) is 48.6 Å². The molecule has 2 N–H and O–H groups in total. The number of ether oxygens (including phenoxy) is 1. The fourth-order valence-corrected chi connectivity index (χ4v) is 7.11. The third-order valence-electron chi connectivity index (χ3n) is 8.74. The molecule has 5 nitrogen and oxygen atoms in total. The highest BCUT2D eigenvalue weighted by Gasteiger charge is 2.29. The van der Waals surface area contributed by atoms with E-state index in [9.17, 15) is 0 Å². The van der Waals surface area contributed by atoms with Crippen LogP contribution in [0.2, 0.25) is 0 Å². The van der Waals surface area contributed by atoms with Crippen molar-refractivity contribution in [1.82, 2.24) is 19.9 Å². The molecule has 0 unspecified atom stereocenters. The van der Waals surface area contributed by atoms with Gasteiger partial charge in [-0.25, -0.2) is 27.5 Å². The van der Waals surface area contributed by atoms with E-state index in [2.05, 4.69) is 21.9 Å². The molecule has 8 bridgehead atoms. The SMILES string of the molecule is CCCCOc1ccc(-c2c3nc(cc4ccc([nH]4)c(-c4c(F)c(F)c(Sc5ccccc5)c(F)c4F)c4nc(cc5ccc2[nH]5)C=C4)C=C3)cc1. The normalized spacial score (nSPS) is 12.1. The van der Waals surface area contributed by atoms with Crippen LogP contribution in [0.15, 0.2) is 101 Å². The van der Waals surface area contributed by atoms with Crippen molar-refractivity contribution in [2.45, 2.75) is 29.6 Å². The lowest BCUT2D eigenvalue weighted by atomic mass is 10.0. The van der Waals surface area contributed by atoms with Gasteiger partial charge in [0.25, 0.3) is 0 Å². The maximum atomic E-state index is 16.1. The van der Waals surface area contributed by atoms with Crippen LogP contribution in [0.1, 0.15) is 42.5 Å². The molecule has 0 saturated carbocycles. The number of H-pyrrole nitrogens is 2. The summed E-state index contributed by atoms with van der Waals surface area (Å²) >= 11 is 0.611. The van der Waals surface area contributed by atoms with Crippen molar-refractivity contribution in [1.29, 1.82) is 0 Å². The van der Waals surface area contributed by atoms with E-state index in [0.717, 1.165) is 40.9 Å². The van der Waals surface area contributed by atoms with Crippen molar-refractivity contribution in [2.75, 3.05) is 6.61 Å². The van der Waals surface area contributed by atoms with Crippen LogP contribution in [0.3, 0.4) is 0 Å². The van der Waals surface area contributed by atoms with Crippen molar-refractivity contribution < 1.29 is 22.3 Å². The molecular formula is C42H30F4N4OS. The first-order valence-electron chi connectivity index (χ1n) is 16.8. The lowest BCUT2D eigenvalue weighted by molar-refractivity contribution is 0.309. The highest BCUT2D eigenvalue weighted by atomic mass is 32.2. The van der Waals surface area contributed by atoms with Crippen LogP contribution >= 0.6 is 11.8 Å². The van der Waals surface area contributed by atoms with Gasteiger partial charge in [0, 0.05) is 38.1 Å². The minimum atomic E-state index is -1.52. The minimum absolute atomic E-state index is 0.126. The first-order chi connectivity index (χ1) is 25.4. The van der Waals surface area contributed by atoms with Gasteiger partial charge in [0.1, 0.15) is 5.75 Å². The molecule has 2 aliphatic heterocycles. The first-order valence-corrected chi connectivity index (χ1v) is 17.6. The highest BCUT2D eigenvalue weighted by Crippen LogP contribution is 2.41. The van der Waals surface area contributed by atoms with E-state index in [1.54, 1.807) is 66.7 Å². The Labute approximate surface area is 300 Å². The Morgan fingerprint density at radius 2 is 1.19 bits per heavy atom. The maximum Gasteiger partial charge on any atom is 0.176 e. The summed E-state index contributed by atoms with van der Waals surface area (Å²) < 4.78 is 69.4. The van der Waals surface area contributed by atoms with Crippen molar-refractivity contribution in [3.05, 3.63) is 137 Å². The summed E-state index contributed by atoms with van der Waals surface area (Å²) in [6, 6.07) is 26.9. The van der Waals surface area contributed by atoms with Gasteiger partial charge in [0.2, 0.25) is 0 Å². The number of rotatable bonds is 8. The van der Waals surface area contributed by atoms with Crippen LogP contribution in [-0.4, -0.2) is 26.5 Å². The van der Waals surface area contributed by atoms with E-state index in [1.165, 1.54) is 0 Å². The number of nitrogens with one attached hydrogen (secondary N) is 2. The van der Waals surface area contributed by atoms with Crippen LogP contribution in [0.25, 0.3) is 68.6 Å². The molecule has 6 aromatic rings. The second-order valence-corrected chi connectivity index (χ2v) is 13.4. The second-order valence-electron chi connectivity index (χ2n) is 12.3. The number of unbranched alkanes of at least 4 members (excludes halogenated alkanes) is 1. The quantitative estimate of drug-likeness (QED) is 0.0934. The maximum absolute atomic E-state index is 16.1. The van der Waals surface area contributed by atoms with Crippen LogP contribution in [0.5, 0.6) is 5.75 Å². The molecule has 0 amide bonds.